The fourth-order valence-electron chi connectivity index (χ4n) is 3.39. The fourth-order valence-corrected chi connectivity index (χ4v) is 3.62. The van der Waals surface area contributed by atoms with Crippen molar-refractivity contribution >= 4 is 12.2 Å². The minimum absolute atomic E-state index is 0.252. The molecule has 2 aromatic carbocycles. The van der Waals surface area contributed by atoms with Gasteiger partial charge in [0.25, 0.3) is 0 Å². The molecule has 0 aliphatic rings. The first kappa shape index (κ1) is 20.1. The lowest BCUT2D eigenvalue weighted by molar-refractivity contribution is -0.933. The number of rotatable bonds is 6. The fraction of sp³-hybridized carbons (Fsp3) is 0.286. The van der Waals surface area contributed by atoms with E-state index in [4.69, 9.17) is 12.2 Å². The summed E-state index contributed by atoms with van der Waals surface area (Å²) in [5.41, 5.74) is 5.47. The molecule has 0 aliphatic carbocycles. The molecule has 0 radical (unpaired) electrons. The Morgan fingerprint density at radius 2 is 1.83 bits per heavy atom. The first-order chi connectivity index (χ1) is 14.4. The molecule has 8 nitrogen and oxygen atoms in total. The summed E-state index contributed by atoms with van der Waals surface area (Å²) in [7, 11) is 2.13. The number of hydrogen-bond acceptors (Lipinski definition) is 5. The smallest absolute Gasteiger partial charge is 0.225 e. The van der Waals surface area contributed by atoms with E-state index >= 15 is 0 Å². The number of nitrogens with one attached hydrogen (secondary N) is 1. The van der Waals surface area contributed by atoms with Crippen LogP contribution in [0.3, 0.4) is 0 Å². The highest BCUT2D eigenvalue weighted by Gasteiger charge is 2.18. The summed E-state index contributed by atoms with van der Waals surface area (Å²) >= 11 is 5.67. The number of nitrogens with zero attached hydrogens (tertiary/aromatic N) is 7. The largest absolute Gasteiger partial charge is 0.313 e. The molecular formula is C21H25N8S+. The van der Waals surface area contributed by atoms with E-state index in [-0.39, 0.29) is 6.04 Å². The molecule has 4 aromatic rings. The van der Waals surface area contributed by atoms with Gasteiger partial charge in [-0.2, -0.15) is 14.5 Å². The summed E-state index contributed by atoms with van der Waals surface area (Å²) in [6, 6.07) is 14.8. The Labute approximate surface area is 180 Å². The Morgan fingerprint density at radius 1 is 1.07 bits per heavy atom. The van der Waals surface area contributed by atoms with Crippen LogP contribution in [0.15, 0.2) is 55.1 Å². The quantitative estimate of drug-likeness (QED) is 0.484. The zero-order chi connectivity index (χ0) is 21.3. The van der Waals surface area contributed by atoms with E-state index < -0.39 is 0 Å². The number of hydrogen-bond donors (Lipinski definition) is 1. The third-order valence-corrected chi connectivity index (χ3v) is 5.83. The Bertz CT molecular complexity index is 1190. The van der Waals surface area contributed by atoms with Crippen molar-refractivity contribution in [2.24, 2.45) is 0 Å². The Morgan fingerprint density at radius 3 is 2.53 bits per heavy atom. The topological polar surface area (TPSA) is 70.8 Å². The zero-order valence-electron chi connectivity index (χ0n) is 17.5. The molecule has 0 saturated carbocycles. The van der Waals surface area contributed by atoms with Gasteiger partial charge in [-0.25, -0.2) is 9.67 Å². The van der Waals surface area contributed by atoms with Crippen molar-refractivity contribution in [3.05, 3.63) is 76.6 Å². The van der Waals surface area contributed by atoms with Crippen LogP contribution < -0.4 is 4.90 Å². The van der Waals surface area contributed by atoms with Gasteiger partial charge in [-0.05, 0) is 72.7 Å². The van der Waals surface area contributed by atoms with Crippen LogP contribution in [0.5, 0.6) is 0 Å². The summed E-state index contributed by atoms with van der Waals surface area (Å²) in [4.78, 5) is 5.25. The molecule has 30 heavy (non-hydrogen) atoms. The molecule has 2 heterocycles. The molecule has 0 aliphatic heterocycles. The van der Waals surface area contributed by atoms with E-state index in [2.05, 4.69) is 90.8 Å². The second-order valence-corrected chi connectivity index (χ2v) is 7.99. The van der Waals surface area contributed by atoms with Gasteiger partial charge in [-0.1, -0.05) is 24.3 Å². The van der Waals surface area contributed by atoms with Gasteiger partial charge in [0.05, 0.1) is 18.4 Å². The van der Waals surface area contributed by atoms with E-state index in [9.17, 15) is 0 Å². The first-order valence-electron chi connectivity index (χ1n) is 9.82. The predicted octanol–water partition coefficient (Wildman–Crippen LogP) is 2.23. The van der Waals surface area contributed by atoms with E-state index in [1.165, 1.54) is 16.8 Å². The maximum Gasteiger partial charge on any atom is 0.225 e. The minimum atomic E-state index is 0.252. The van der Waals surface area contributed by atoms with Gasteiger partial charge in [-0.15, -0.1) is 0 Å². The molecule has 0 amide bonds. The third-order valence-electron chi connectivity index (χ3n) is 5.45. The van der Waals surface area contributed by atoms with Gasteiger partial charge in [0.15, 0.2) is 6.67 Å². The number of aromatic nitrogens is 7. The monoisotopic (exact) mass is 421 g/mol. The lowest BCUT2D eigenvalue weighted by atomic mass is 10.1. The highest BCUT2D eigenvalue weighted by Crippen LogP contribution is 2.16. The molecule has 1 N–H and O–H groups in total. The summed E-state index contributed by atoms with van der Waals surface area (Å²) in [5.74, 6) is 0. The van der Waals surface area contributed by atoms with Crippen LogP contribution in [0.1, 0.15) is 29.7 Å². The van der Waals surface area contributed by atoms with Crippen LogP contribution >= 0.6 is 12.2 Å². The van der Waals surface area contributed by atoms with Crippen molar-refractivity contribution in [3.63, 3.8) is 0 Å². The van der Waals surface area contributed by atoms with Gasteiger partial charge < -0.3 is 4.90 Å². The van der Waals surface area contributed by atoms with Gasteiger partial charge in [0, 0.05) is 5.56 Å². The van der Waals surface area contributed by atoms with Gasteiger partial charge in [-0.3, -0.25) is 0 Å². The maximum atomic E-state index is 5.67. The van der Waals surface area contributed by atoms with Gasteiger partial charge in [0.2, 0.25) is 4.77 Å². The molecule has 154 valence electrons. The van der Waals surface area contributed by atoms with Crippen LogP contribution in [0.25, 0.3) is 11.4 Å². The predicted molar refractivity (Wildman–Crippen MR) is 116 cm³/mol. The zero-order valence-corrected chi connectivity index (χ0v) is 18.3. The molecule has 4 rings (SSSR count). The van der Waals surface area contributed by atoms with Gasteiger partial charge >= 0.3 is 0 Å². The van der Waals surface area contributed by atoms with Crippen molar-refractivity contribution in [2.45, 2.75) is 33.5 Å². The highest BCUT2D eigenvalue weighted by molar-refractivity contribution is 7.71. The SMILES string of the molecule is Cc1ccc(C)c(-n2nnn(C[NH+](C)[C@@H](C)c3ccc(-n4cncn4)cc3)c2=S)c1. The maximum absolute atomic E-state index is 5.67. The highest BCUT2D eigenvalue weighted by atomic mass is 32.1. The Kier molecular flexibility index (Phi) is 5.56. The molecule has 2 atom stereocenters. The average Bonchev–Trinajstić information content (AvgIpc) is 3.40. The van der Waals surface area contributed by atoms with Crippen molar-refractivity contribution in [1.82, 2.24) is 34.6 Å². The summed E-state index contributed by atoms with van der Waals surface area (Å²) < 4.78 is 5.86. The molecule has 0 fully saturated rings. The number of quaternary nitrogens is 1. The Hall–Kier alpha value is -3.17. The van der Waals surface area contributed by atoms with Crippen molar-refractivity contribution < 1.29 is 4.90 Å². The summed E-state index contributed by atoms with van der Waals surface area (Å²) in [6.45, 7) is 6.93. The van der Waals surface area contributed by atoms with Crippen LogP contribution in [0.4, 0.5) is 0 Å². The normalized spacial score (nSPS) is 13.3. The molecule has 1 unspecified atom stereocenters. The number of tetrazole rings is 1. The standard InChI is InChI=1S/C21H24N8S/c1-15-5-6-16(2)20(11-15)29-21(30)28(24-25-29)14-26(4)17(3)18-7-9-19(10-8-18)27-13-22-12-23-27/h5-13,17H,14H2,1-4H3/p+1/t17-/m0/s1. The summed E-state index contributed by atoms with van der Waals surface area (Å²) in [6.07, 6.45) is 3.22. The van der Waals surface area contributed by atoms with E-state index in [0.717, 1.165) is 22.5 Å². The van der Waals surface area contributed by atoms with Crippen LogP contribution in [-0.2, 0) is 6.67 Å². The molecule has 0 spiro atoms. The minimum Gasteiger partial charge on any atom is -0.313 e. The third kappa shape index (κ3) is 3.94. The lowest BCUT2D eigenvalue weighted by Crippen LogP contribution is -3.08. The van der Waals surface area contributed by atoms with Crippen LogP contribution in [0, 0.1) is 18.6 Å². The van der Waals surface area contributed by atoms with Crippen molar-refractivity contribution in [1.29, 1.82) is 0 Å². The van der Waals surface area contributed by atoms with Crippen LogP contribution in [-0.4, -0.2) is 41.6 Å². The number of aryl methyl sites for hydroxylation is 2. The first-order valence-corrected chi connectivity index (χ1v) is 10.2. The van der Waals surface area contributed by atoms with E-state index in [1.54, 1.807) is 20.4 Å². The average molecular weight is 422 g/mol. The molecule has 9 heteroatoms. The molecule has 0 saturated heterocycles. The molecular weight excluding hydrogens is 396 g/mol. The van der Waals surface area contributed by atoms with Gasteiger partial charge in [0.1, 0.15) is 18.7 Å². The molecule has 2 aromatic heterocycles. The van der Waals surface area contributed by atoms with Crippen molar-refractivity contribution in [2.75, 3.05) is 7.05 Å². The van der Waals surface area contributed by atoms with E-state index in [0.29, 0.717) is 11.4 Å². The lowest BCUT2D eigenvalue weighted by Gasteiger charge is -2.21. The van der Waals surface area contributed by atoms with Crippen LogP contribution in [0.2, 0.25) is 0 Å². The second kappa shape index (κ2) is 8.29. The second-order valence-electron chi connectivity index (χ2n) is 7.62. The van der Waals surface area contributed by atoms with E-state index in [1.807, 2.05) is 0 Å². The Balaban J connectivity index is 1.51. The molecule has 0 bridgehead atoms. The van der Waals surface area contributed by atoms with Crippen molar-refractivity contribution in [3.8, 4) is 11.4 Å². The summed E-state index contributed by atoms with van der Waals surface area (Å²) in [5, 5.41) is 12.8. The number of benzene rings is 2.